The van der Waals surface area contributed by atoms with E-state index in [4.69, 9.17) is 9.47 Å². The Morgan fingerprint density at radius 3 is 1.17 bits per heavy atom. The average molecular weight is 501 g/mol. The molecular formula is C30H48N2O4. The first-order chi connectivity index (χ1) is 17.1. The fraction of sp³-hybridized carbons (Fsp3) is 0.867. The number of rotatable bonds is 13. The van der Waals surface area contributed by atoms with Gasteiger partial charge in [-0.25, -0.2) is 0 Å². The topological polar surface area (TPSA) is 100 Å². The van der Waals surface area contributed by atoms with Crippen LogP contribution in [-0.4, -0.2) is 23.1 Å². The minimum absolute atomic E-state index is 0.0943. The van der Waals surface area contributed by atoms with Crippen molar-refractivity contribution in [3.05, 3.63) is 0 Å². The maximum atomic E-state index is 13.0. The Labute approximate surface area is 219 Å². The van der Waals surface area contributed by atoms with Gasteiger partial charge < -0.3 is 9.47 Å². The fourth-order valence-electron chi connectivity index (χ4n) is 7.35. The molecule has 202 valence electrons. The van der Waals surface area contributed by atoms with Crippen molar-refractivity contribution in [3.63, 3.8) is 0 Å². The quantitative estimate of drug-likeness (QED) is 0.244. The number of hydrogen-bond donors (Lipinski definition) is 0. The molecule has 2 fully saturated rings. The Balaban J connectivity index is 2.12. The highest BCUT2D eigenvalue weighted by Crippen LogP contribution is 2.52. The van der Waals surface area contributed by atoms with Crippen LogP contribution in [0.15, 0.2) is 0 Å². The Kier molecular flexibility index (Phi) is 10.4. The first kappa shape index (κ1) is 30.1. The van der Waals surface area contributed by atoms with Crippen molar-refractivity contribution >= 4 is 11.9 Å². The highest BCUT2D eigenvalue weighted by atomic mass is 16.6. The molecule has 0 aromatic heterocycles. The number of hydrogen-bond acceptors (Lipinski definition) is 6. The standard InChI is InChI=1S/C30H48N2O4/c1-7-29(8-2,27(5,21-31)23-15-11-12-16-23)35-25(33)19-20-26(34)36-30(9-3,10-4)28(6,22-32)24-17-13-14-18-24/h23-24H,7-20H2,1-6H3. The maximum absolute atomic E-state index is 13.0. The van der Waals surface area contributed by atoms with Gasteiger partial charge in [-0.1, -0.05) is 53.4 Å². The van der Waals surface area contributed by atoms with E-state index in [1.165, 1.54) is 0 Å². The predicted octanol–water partition coefficient (Wildman–Crippen LogP) is 7.41. The Hall–Kier alpha value is -2.08. The molecule has 2 saturated carbocycles. The van der Waals surface area contributed by atoms with E-state index >= 15 is 0 Å². The summed E-state index contributed by atoms with van der Waals surface area (Å²) in [5.74, 6) is -0.525. The van der Waals surface area contributed by atoms with Crippen molar-refractivity contribution in [1.29, 1.82) is 10.5 Å². The molecule has 2 aliphatic rings. The molecule has 0 amide bonds. The molecule has 0 saturated heterocycles. The van der Waals surface area contributed by atoms with E-state index in [9.17, 15) is 20.1 Å². The molecule has 2 unspecified atom stereocenters. The van der Waals surface area contributed by atoms with Crippen LogP contribution < -0.4 is 0 Å². The van der Waals surface area contributed by atoms with Crippen LogP contribution in [0.2, 0.25) is 0 Å². The molecular weight excluding hydrogens is 452 g/mol. The Morgan fingerprint density at radius 2 is 0.944 bits per heavy atom. The van der Waals surface area contributed by atoms with E-state index < -0.39 is 34.0 Å². The minimum Gasteiger partial charge on any atom is -0.457 e. The van der Waals surface area contributed by atoms with Crippen LogP contribution in [0.5, 0.6) is 0 Å². The van der Waals surface area contributed by atoms with Gasteiger partial charge >= 0.3 is 11.9 Å². The second-order valence-corrected chi connectivity index (χ2v) is 11.4. The molecule has 2 atom stereocenters. The van der Waals surface area contributed by atoms with Gasteiger partial charge in [-0.05, 0) is 77.0 Å². The first-order valence-corrected chi connectivity index (χ1v) is 14.3. The van der Waals surface area contributed by atoms with E-state index in [0.717, 1.165) is 51.4 Å². The molecule has 6 nitrogen and oxygen atoms in total. The van der Waals surface area contributed by atoms with Crippen molar-refractivity contribution in [2.45, 2.75) is 143 Å². The largest absolute Gasteiger partial charge is 0.457 e. The van der Waals surface area contributed by atoms with Gasteiger partial charge in [0.05, 0.1) is 35.8 Å². The second kappa shape index (κ2) is 12.4. The van der Waals surface area contributed by atoms with E-state index in [0.29, 0.717) is 25.7 Å². The molecule has 6 heteroatoms. The molecule has 2 aliphatic carbocycles. The van der Waals surface area contributed by atoms with Crippen LogP contribution in [0.3, 0.4) is 0 Å². The summed E-state index contributed by atoms with van der Waals surface area (Å²) in [4.78, 5) is 26.1. The van der Waals surface area contributed by atoms with Crippen LogP contribution in [0, 0.1) is 45.3 Å². The normalized spacial score (nSPS) is 20.7. The van der Waals surface area contributed by atoms with Crippen LogP contribution in [0.25, 0.3) is 0 Å². The van der Waals surface area contributed by atoms with Crippen molar-refractivity contribution in [3.8, 4) is 12.1 Å². The third kappa shape index (κ3) is 5.44. The van der Waals surface area contributed by atoms with E-state index in [1.807, 2.05) is 41.5 Å². The average Bonchev–Trinajstić information content (AvgIpc) is 3.63. The van der Waals surface area contributed by atoms with Gasteiger partial charge in [-0.15, -0.1) is 0 Å². The highest BCUT2D eigenvalue weighted by molar-refractivity contribution is 5.78. The molecule has 0 aliphatic heterocycles. The lowest BCUT2D eigenvalue weighted by atomic mass is 9.63. The van der Waals surface area contributed by atoms with Gasteiger partial charge in [0, 0.05) is 0 Å². The predicted molar refractivity (Wildman–Crippen MR) is 139 cm³/mol. The van der Waals surface area contributed by atoms with Crippen molar-refractivity contribution in [2.75, 3.05) is 0 Å². The van der Waals surface area contributed by atoms with E-state index in [2.05, 4.69) is 12.1 Å². The van der Waals surface area contributed by atoms with Crippen LogP contribution in [0.1, 0.15) is 131 Å². The smallest absolute Gasteiger partial charge is 0.306 e. The van der Waals surface area contributed by atoms with Gasteiger partial charge in [0.1, 0.15) is 11.2 Å². The third-order valence-corrected chi connectivity index (χ3v) is 10.1. The lowest BCUT2D eigenvalue weighted by Crippen LogP contribution is -2.52. The molecule has 0 spiro atoms. The number of nitriles is 2. The maximum Gasteiger partial charge on any atom is 0.306 e. The third-order valence-electron chi connectivity index (χ3n) is 10.1. The molecule has 0 N–H and O–H groups in total. The zero-order valence-corrected chi connectivity index (χ0v) is 23.6. The van der Waals surface area contributed by atoms with Gasteiger partial charge in [-0.3, -0.25) is 9.59 Å². The molecule has 0 bridgehead atoms. The van der Waals surface area contributed by atoms with Crippen LogP contribution in [0.4, 0.5) is 0 Å². The summed E-state index contributed by atoms with van der Waals surface area (Å²) >= 11 is 0. The van der Waals surface area contributed by atoms with E-state index in [1.54, 1.807) is 0 Å². The molecule has 2 rings (SSSR count). The second-order valence-electron chi connectivity index (χ2n) is 11.4. The Bertz CT molecular complexity index is 766. The lowest BCUT2D eigenvalue weighted by Gasteiger charge is -2.46. The summed E-state index contributed by atoms with van der Waals surface area (Å²) in [7, 11) is 0. The summed E-state index contributed by atoms with van der Waals surface area (Å²) in [5.41, 5.74) is -3.29. The van der Waals surface area contributed by atoms with Gasteiger partial charge in [-0.2, -0.15) is 10.5 Å². The molecule has 36 heavy (non-hydrogen) atoms. The van der Waals surface area contributed by atoms with Gasteiger partial charge in [0.25, 0.3) is 0 Å². The zero-order chi connectivity index (χ0) is 27.0. The molecule has 0 radical (unpaired) electrons. The SMILES string of the molecule is CCC(CC)(OC(=O)CCC(=O)OC(CC)(CC)C(C)(C#N)C1CCCC1)C(C)(C#N)C1CCCC1. The number of esters is 2. The number of ether oxygens (including phenoxy) is 2. The Morgan fingerprint density at radius 1 is 0.667 bits per heavy atom. The zero-order valence-electron chi connectivity index (χ0n) is 23.6. The van der Waals surface area contributed by atoms with Crippen LogP contribution >= 0.6 is 0 Å². The monoisotopic (exact) mass is 500 g/mol. The summed E-state index contributed by atoms with van der Waals surface area (Å²) in [6, 6.07) is 5.06. The van der Waals surface area contributed by atoms with E-state index in [-0.39, 0.29) is 24.7 Å². The van der Waals surface area contributed by atoms with Gasteiger partial charge in [0.2, 0.25) is 0 Å². The van der Waals surface area contributed by atoms with Crippen molar-refractivity contribution < 1.29 is 19.1 Å². The van der Waals surface area contributed by atoms with Gasteiger partial charge in [0.15, 0.2) is 0 Å². The number of carbonyl (C=O) groups excluding carboxylic acids is 2. The molecule has 0 aromatic rings. The highest BCUT2D eigenvalue weighted by Gasteiger charge is 2.55. The minimum atomic E-state index is -0.879. The molecule has 0 aromatic carbocycles. The summed E-state index contributed by atoms with van der Waals surface area (Å²) in [6.45, 7) is 11.8. The summed E-state index contributed by atoms with van der Waals surface area (Å²) in [6.07, 6.45) is 10.3. The first-order valence-electron chi connectivity index (χ1n) is 14.3. The summed E-state index contributed by atoms with van der Waals surface area (Å²) in [5, 5.41) is 20.4. The number of carbonyl (C=O) groups is 2. The van der Waals surface area contributed by atoms with Crippen molar-refractivity contribution in [2.24, 2.45) is 22.7 Å². The fourth-order valence-corrected chi connectivity index (χ4v) is 7.35. The molecule has 0 heterocycles. The van der Waals surface area contributed by atoms with Crippen LogP contribution in [-0.2, 0) is 19.1 Å². The summed E-state index contributed by atoms with van der Waals surface area (Å²) < 4.78 is 12.2. The van der Waals surface area contributed by atoms with Crippen molar-refractivity contribution in [1.82, 2.24) is 0 Å². The number of nitrogens with zero attached hydrogens (tertiary/aromatic N) is 2. The lowest BCUT2D eigenvalue weighted by molar-refractivity contribution is -0.184.